The van der Waals surface area contributed by atoms with Gasteiger partial charge in [-0.2, -0.15) is 0 Å². The molecule has 1 aromatic heterocycles. The number of rotatable bonds is 4. The number of amides is 1. The summed E-state index contributed by atoms with van der Waals surface area (Å²) < 4.78 is 7.90. The van der Waals surface area contributed by atoms with Crippen molar-refractivity contribution in [2.24, 2.45) is 5.92 Å². The molecule has 2 fully saturated rings. The zero-order valence-corrected chi connectivity index (χ0v) is 15.1. The van der Waals surface area contributed by atoms with Gasteiger partial charge in [0, 0.05) is 36.6 Å². The van der Waals surface area contributed by atoms with E-state index < -0.39 is 0 Å². The van der Waals surface area contributed by atoms with E-state index in [2.05, 4.69) is 26.3 Å². The number of aromatic nitrogens is 2. The van der Waals surface area contributed by atoms with Crippen LogP contribution < -0.4 is 10.6 Å². The Kier molecular flexibility index (Phi) is 5.04. The maximum atomic E-state index is 12.9. The first kappa shape index (κ1) is 17.2. The first-order chi connectivity index (χ1) is 12.7. The number of carbonyl (C=O) groups is 1. The van der Waals surface area contributed by atoms with Gasteiger partial charge >= 0.3 is 0 Å². The lowest BCUT2D eigenvalue weighted by Gasteiger charge is -2.39. The Hall–Kier alpha value is -2.18. The quantitative estimate of drug-likeness (QED) is 0.884. The number of para-hydroxylation sites is 1. The third-order valence-corrected chi connectivity index (χ3v) is 5.54. The molecule has 0 spiro atoms. The minimum atomic E-state index is 0.0356. The summed E-state index contributed by atoms with van der Waals surface area (Å²) in [7, 11) is 0. The van der Waals surface area contributed by atoms with Crippen LogP contribution in [-0.2, 0) is 16.1 Å². The highest BCUT2D eigenvalue weighted by molar-refractivity contribution is 5.93. The number of ether oxygens (including phenoxy) is 1. The molecule has 0 radical (unpaired) electrons. The fraction of sp³-hybridized carbons (Fsp3) is 0.500. The van der Waals surface area contributed by atoms with Crippen molar-refractivity contribution in [3.63, 3.8) is 0 Å². The van der Waals surface area contributed by atoms with E-state index in [0.29, 0.717) is 12.6 Å². The minimum Gasteiger partial charge on any atom is -0.375 e. The van der Waals surface area contributed by atoms with Crippen molar-refractivity contribution in [3.8, 4) is 0 Å². The topological polar surface area (TPSA) is 68.2 Å². The van der Waals surface area contributed by atoms with Gasteiger partial charge in [0.2, 0.25) is 5.91 Å². The highest BCUT2D eigenvalue weighted by atomic mass is 16.5. The van der Waals surface area contributed by atoms with Gasteiger partial charge in [-0.3, -0.25) is 4.79 Å². The molecule has 1 aliphatic heterocycles. The summed E-state index contributed by atoms with van der Waals surface area (Å²) in [6.07, 6.45) is 6.71. The number of carbonyl (C=O) groups excluding carboxylic acids is 1. The summed E-state index contributed by atoms with van der Waals surface area (Å²) in [5.74, 6) is 1.12. The van der Waals surface area contributed by atoms with Crippen LogP contribution in [0.15, 0.2) is 36.7 Å². The Morgan fingerprint density at radius 2 is 2.27 bits per heavy atom. The Balaban J connectivity index is 1.44. The first-order valence-corrected chi connectivity index (χ1v) is 9.42. The van der Waals surface area contributed by atoms with Gasteiger partial charge in [0.05, 0.1) is 19.3 Å². The van der Waals surface area contributed by atoms with Gasteiger partial charge in [-0.05, 0) is 37.8 Å². The zero-order valence-electron chi connectivity index (χ0n) is 15.1. The van der Waals surface area contributed by atoms with Crippen molar-refractivity contribution >= 4 is 11.6 Å². The highest BCUT2D eigenvalue weighted by Gasteiger charge is 2.35. The second kappa shape index (κ2) is 7.60. The second-order valence-corrected chi connectivity index (χ2v) is 7.23. The summed E-state index contributed by atoms with van der Waals surface area (Å²) in [5, 5.41) is 6.67. The number of nitrogens with one attached hydrogen (secondary N) is 2. The smallest absolute Gasteiger partial charge is 0.227 e. The van der Waals surface area contributed by atoms with Crippen LogP contribution in [-0.4, -0.2) is 40.8 Å². The molecular formula is C20H26N4O2. The maximum Gasteiger partial charge on any atom is 0.227 e. The predicted molar refractivity (Wildman–Crippen MR) is 100 cm³/mol. The van der Waals surface area contributed by atoms with Crippen LogP contribution >= 0.6 is 0 Å². The van der Waals surface area contributed by atoms with E-state index >= 15 is 0 Å². The molecule has 0 unspecified atom stereocenters. The molecule has 3 atom stereocenters. The standard InChI is InChI=1S/C20H26N4O2/c1-14-21-8-10-24(14)13-16-4-2-3-5-17(16)23-20(25)15-6-7-19-18(12-15)22-9-11-26-19/h2-5,8,10,15,18-19,22H,6-7,9,11-13H2,1H3,(H,23,25)/t15-,18+,19+/m0/s1. The number of morpholine rings is 1. The first-order valence-electron chi connectivity index (χ1n) is 9.42. The summed E-state index contributed by atoms with van der Waals surface area (Å²) in [5.41, 5.74) is 1.98. The van der Waals surface area contributed by atoms with Gasteiger partial charge in [0.1, 0.15) is 5.82 Å². The fourth-order valence-corrected chi connectivity index (χ4v) is 4.02. The number of benzene rings is 1. The summed E-state index contributed by atoms with van der Waals surface area (Å²) in [6.45, 7) is 4.34. The number of hydrogen-bond acceptors (Lipinski definition) is 4. The van der Waals surface area contributed by atoms with Crippen LogP contribution in [0.1, 0.15) is 30.7 Å². The second-order valence-electron chi connectivity index (χ2n) is 7.23. The largest absolute Gasteiger partial charge is 0.375 e. The third-order valence-electron chi connectivity index (χ3n) is 5.54. The van der Waals surface area contributed by atoms with Crippen LogP contribution in [0, 0.1) is 12.8 Å². The minimum absolute atomic E-state index is 0.0356. The monoisotopic (exact) mass is 354 g/mol. The Morgan fingerprint density at radius 1 is 1.38 bits per heavy atom. The Bertz CT molecular complexity index is 773. The number of fused-ring (bicyclic) bond motifs is 1. The predicted octanol–water partition coefficient (Wildman–Crippen LogP) is 2.34. The molecule has 4 rings (SSSR count). The normalized spacial score (nSPS) is 25.5. The van der Waals surface area contributed by atoms with E-state index in [1.807, 2.05) is 31.3 Å². The van der Waals surface area contributed by atoms with Crippen LogP contribution in [0.4, 0.5) is 5.69 Å². The van der Waals surface area contributed by atoms with Gasteiger partial charge in [0.15, 0.2) is 0 Å². The van der Waals surface area contributed by atoms with Crippen molar-refractivity contribution < 1.29 is 9.53 Å². The van der Waals surface area contributed by atoms with Gasteiger partial charge in [0.25, 0.3) is 0 Å². The van der Waals surface area contributed by atoms with Gasteiger partial charge in [-0.1, -0.05) is 18.2 Å². The SMILES string of the molecule is Cc1nccn1Cc1ccccc1NC(=O)[C@H]1CC[C@H]2OCCN[C@@H]2C1. The van der Waals surface area contributed by atoms with Crippen molar-refractivity contribution in [2.75, 3.05) is 18.5 Å². The molecule has 0 bridgehead atoms. The van der Waals surface area contributed by atoms with Gasteiger partial charge in [-0.15, -0.1) is 0 Å². The Morgan fingerprint density at radius 3 is 3.12 bits per heavy atom. The lowest BCUT2D eigenvalue weighted by Crippen LogP contribution is -2.52. The van der Waals surface area contributed by atoms with Crippen molar-refractivity contribution in [3.05, 3.63) is 48.0 Å². The number of aryl methyl sites for hydroxylation is 1. The number of nitrogens with zero attached hydrogens (tertiary/aromatic N) is 2. The van der Waals surface area contributed by atoms with E-state index in [1.54, 1.807) is 6.20 Å². The van der Waals surface area contributed by atoms with Crippen LogP contribution in [0.25, 0.3) is 0 Å². The molecule has 1 aliphatic carbocycles. The third kappa shape index (κ3) is 3.66. The highest BCUT2D eigenvalue weighted by Crippen LogP contribution is 2.29. The molecule has 1 aromatic carbocycles. The van der Waals surface area contributed by atoms with Crippen molar-refractivity contribution in [1.29, 1.82) is 0 Å². The molecule has 2 N–H and O–H groups in total. The number of anilines is 1. The summed E-state index contributed by atoms with van der Waals surface area (Å²) in [6, 6.07) is 8.31. The van der Waals surface area contributed by atoms with Crippen LogP contribution in [0.3, 0.4) is 0 Å². The molecular weight excluding hydrogens is 328 g/mol. The molecule has 2 aliphatic rings. The van der Waals surface area contributed by atoms with E-state index in [-0.39, 0.29) is 17.9 Å². The van der Waals surface area contributed by atoms with E-state index in [9.17, 15) is 4.79 Å². The lowest BCUT2D eigenvalue weighted by atomic mass is 9.82. The zero-order chi connectivity index (χ0) is 17.9. The molecule has 6 heteroatoms. The Labute approximate surface area is 154 Å². The number of imidazole rings is 1. The average Bonchev–Trinajstić information content (AvgIpc) is 3.07. The summed E-state index contributed by atoms with van der Waals surface area (Å²) >= 11 is 0. The number of hydrogen-bond donors (Lipinski definition) is 2. The summed E-state index contributed by atoms with van der Waals surface area (Å²) in [4.78, 5) is 17.1. The van der Waals surface area contributed by atoms with Crippen LogP contribution in [0.2, 0.25) is 0 Å². The van der Waals surface area contributed by atoms with E-state index in [0.717, 1.165) is 49.5 Å². The molecule has 138 valence electrons. The van der Waals surface area contributed by atoms with Gasteiger partial charge in [-0.25, -0.2) is 4.98 Å². The van der Waals surface area contributed by atoms with Crippen LogP contribution in [0.5, 0.6) is 0 Å². The van der Waals surface area contributed by atoms with E-state index in [4.69, 9.17) is 4.74 Å². The van der Waals surface area contributed by atoms with Crippen molar-refractivity contribution in [1.82, 2.24) is 14.9 Å². The molecule has 6 nitrogen and oxygen atoms in total. The molecule has 26 heavy (non-hydrogen) atoms. The molecule has 2 heterocycles. The fourth-order valence-electron chi connectivity index (χ4n) is 4.02. The average molecular weight is 354 g/mol. The molecule has 2 aromatic rings. The van der Waals surface area contributed by atoms with Gasteiger partial charge < -0.3 is 19.9 Å². The van der Waals surface area contributed by atoms with Crippen molar-refractivity contribution in [2.45, 2.75) is 44.9 Å². The maximum absolute atomic E-state index is 12.9. The molecule has 1 amide bonds. The molecule has 1 saturated heterocycles. The van der Waals surface area contributed by atoms with E-state index in [1.165, 1.54) is 0 Å². The lowest BCUT2D eigenvalue weighted by molar-refractivity contribution is -0.123. The molecule has 1 saturated carbocycles.